The fraction of sp³-hybridized carbons (Fsp3) is 0.500. The molecule has 5 nitrogen and oxygen atoms in total. The lowest BCUT2D eigenvalue weighted by Gasteiger charge is -2.36. The Morgan fingerprint density at radius 2 is 1.89 bits per heavy atom. The van der Waals surface area contributed by atoms with Crippen LogP contribution in [0, 0.1) is 0 Å². The summed E-state index contributed by atoms with van der Waals surface area (Å²) in [5, 5.41) is 11.8. The lowest BCUT2D eigenvalue weighted by Crippen LogP contribution is -2.45. The Morgan fingerprint density at radius 3 is 2.50 bits per heavy atom. The van der Waals surface area contributed by atoms with E-state index in [1.807, 2.05) is 0 Å². The molecule has 0 bridgehead atoms. The molecule has 0 radical (unpaired) electrons. The number of benzene rings is 1. The molecule has 0 amide bonds. The van der Waals surface area contributed by atoms with E-state index >= 15 is 0 Å². The molecule has 1 saturated heterocycles. The van der Waals surface area contributed by atoms with Crippen LogP contribution in [0.4, 0.5) is 5.69 Å². The summed E-state index contributed by atoms with van der Waals surface area (Å²) in [5.41, 5.74) is 0.496. The fourth-order valence-electron chi connectivity index (χ4n) is 2.25. The summed E-state index contributed by atoms with van der Waals surface area (Å²) in [6.45, 7) is 3.97. The molecule has 6 heteroatoms. The predicted molar refractivity (Wildman–Crippen MR) is 71.9 cm³/mol. The first-order chi connectivity index (χ1) is 8.41. The maximum atomic E-state index is 11.5. The third kappa shape index (κ3) is 3.01. The predicted octanol–water partition coefficient (Wildman–Crippen LogP) is 0.888. The first-order valence-corrected chi connectivity index (χ1v) is 7.56. The van der Waals surface area contributed by atoms with Gasteiger partial charge in [0.1, 0.15) is 4.90 Å². The van der Waals surface area contributed by atoms with E-state index in [0.717, 1.165) is 25.9 Å². The Kier molecular flexibility index (Phi) is 3.61. The molecular formula is C12H19N3O2S. The van der Waals surface area contributed by atoms with Gasteiger partial charge in [0.25, 0.3) is 0 Å². The number of hydrogen-bond acceptors (Lipinski definition) is 4. The molecule has 1 aromatic rings. The molecule has 0 saturated carbocycles. The highest BCUT2D eigenvalue weighted by atomic mass is 32.2. The molecule has 100 valence electrons. The van der Waals surface area contributed by atoms with Crippen molar-refractivity contribution >= 4 is 15.7 Å². The van der Waals surface area contributed by atoms with Crippen molar-refractivity contribution in [3.8, 4) is 0 Å². The Hall–Kier alpha value is -1.11. The van der Waals surface area contributed by atoms with Gasteiger partial charge < -0.3 is 10.6 Å². The fourth-order valence-corrected chi connectivity index (χ4v) is 2.94. The van der Waals surface area contributed by atoms with E-state index in [0.29, 0.717) is 5.69 Å². The zero-order valence-corrected chi connectivity index (χ0v) is 11.3. The lowest BCUT2D eigenvalue weighted by molar-refractivity contribution is 0.364. The molecule has 0 atom stereocenters. The second-order valence-corrected chi connectivity index (χ2v) is 6.51. The van der Waals surface area contributed by atoms with Crippen molar-refractivity contribution in [1.82, 2.24) is 5.32 Å². The van der Waals surface area contributed by atoms with Crippen LogP contribution < -0.4 is 15.8 Å². The van der Waals surface area contributed by atoms with Crippen molar-refractivity contribution in [2.45, 2.75) is 30.2 Å². The smallest absolute Gasteiger partial charge is 0.240 e. The van der Waals surface area contributed by atoms with E-state index in [2.05, 4.69) is 17.6 Å². The number of primary sulfonamides is 1. The van der Waals surface area contributed by atoms with Crippen molar-refractivity contribution < 1.29 is 8.42 Å². The molecule has 0 spiro atoms. The number of piperidine rings is 1. The summed E-state index contributed by atoms with van der Waals surface area (Å²) in [6, 6.07) is 6.77. The van der Waals surface area contributed by atoms with Crippen LogP contribution in [-0.4, -0.2) is 27.0 Å². The van der Waals surface area contributed by atoms with Crippen molar-refractivity contribution in [2.75, 3.05) is 18.4 Å². The highest BCUT2D eigenvalue weighted by Gasteiger charge is 2.28. The quantitative estimate of drug-likeness (QED) is 0.761. The van der Waals surface area contributed by atoms with E-state index in [1.54, 1.807) is 18.2 Å². The van der Waals surface area contributed by atoms with E-state index in [4.69, 9.17) is 5.14 Å². The topological polar surface area (TPSA) is 84.2 Å². The van der Waals surface area contributed by atoms with Crippen LogP contribution in [0.5, 0.6) is 0 Å². The molecule has 2 rings (SSSR count). The van der Waals surface area contributed by atoms with E-state index in [1.165, 1.54) is 6.07 Å². The number of sulfonamides is 1. The highest BCUT2D eigenvalue weighted by Crippen LogP contribution is 2.27. The second kappa shape index (κ2) is 4.87. The number of rotatable bonds is 3. The summed E-state index contributed by atoms with van der Waals surface area (Å²) < 4.78 is 23.1. The zero-order valence-electron chi connectivity index (χ0n) is 10.4. The molecular weight excluding hydrogens is 250 g/mol. The molecule has 0 unspecified atom stereocenters. The van der Waals surface area contributed by atoms with Crippen LogP contribution in [0.3, 0.4) is 0 Å². The zero-order chi connectivity index (χ0) is 13.2. The molecule has 18 heavy (non-hydrogen) atoms. The Balaban J connectivity index is 2.29. The third-order valence-electron chi connectivity index (χ3n) is 3.34. The van der Waals surface area contributed by atoms with Crippen LogP contribution in [0.1, 0.15) is 19.8 Å². The lowest BCUT2D eigenvalue weighted by atomic mass is 9.90. The first kappa shape index (κ1) is 13.3. The maximum Gasteiger partial charge on any atom is 0.240 e. The Labute approximate surface area is 108 Å². The van der Waals surface area contributed by atoms with Gasteiger partial charge in [0.2, 0.25) is 10.0 Å². The van der Waals surface area contributed by atoms with Crippen LogP contribution in [-0.2, 0) is 10.0 Å². The van der Waals surface area contributed by atoms with Crippen molar-refractivity contribution in [3.63, 3.8) is 0 Å². The average Bonchev–Trinajstić information content (AvgIpc) is 2.28. The summed E-state index contributed by atoms with van der Waals surface area (Å²) in [7, 11) is -3.69. The third-order valence-corrected chi connectivity index (χ3v) is 4.31. The summed E-state index contributed by atoms with van der Waals surface area (Å²) >= 11 is 0. The SMILES string of the molecule is CC1(Nc2ccccc2S(N)(=O)=O)CCNCC1. The number of para-hydroxylation sites is 1. The standard InChI is InChI=1S/C12H19N3O2S/c1-12(6-8-14-9-7-12)15-10-4-2-3-5-11(10)18(13,16)17/h2-5,14-15H,6-9H2,1H3,(H2,13,16,17). The van der Waals surface area contributed by atoms with E-state index < -0.39 is 10.0 Å². The van der Waals surface area contributed by atoms with Gasteiger partial charge in [-0.1, -0.05) is 12.1 Å². The van der Waals surface area contributed by atoms with Crippen LogP contribution in [0.15, 0.2) is 29.2 Å². The van der Waals surface area contributed by atoms with Gasteiger partial charge in [0.15, 0.2) is 0 Å². The Morgan fingerprint density at radius 1 is 1.28 bits per heavy atom. The minimum Gasteiger partial charge on any atom is -0.379 e. The molecule has 1 aliphatic heterocycles. The average molecular weight is 269 g/mol. The highest BCUT2D eigenvalue weighted by molar-refractivity contribution is 7.89. The Bertz CT molecular complexity index is 522. The number of anilines is 1. The van der Waals surface area contributed by atoms with Crippen molar-refractivity contribution in [1.29, 1.82) is 0 Å². The van der Waals surface area contributed by atoms with Gasteiger partial charge in [-0.25, -0.2) is 13.6 Å². The number of hydrogen-bond donors (Lipinski definition) is 3. The molecule has 1 heterocycles. The van der Waals surface area contributed by atoms with Crippen LogP contribution in [0.2, 0.25) is 0 Å². The molecule has 0 aliphatic carbocycles. The molecule has 1 aromatic carbocycles. The molecule has 1 aliphatic rings. The monoisotopic (exact) mass is 269 g/mol. The number of nitrogens with two attached hydrogens (primary N) is 1. The summed E-state index contributed by atoms with van der Waals surface area (Å²) in [6.07, 6.45) is 1.90. The number of nitrogens with one attached hydrogen (secondary N) is 2. The minimum absolute atomic E-state index is 0.0912. The second-order valence-electron chi connectivity index (χ2n) is 4.98. The largest absolute Gasteiger partial charge is 0.379 e. The summed E-state index contributed by atoms with van der Waals surface area (Å²) in [4.78, 5) is 0.157. The summed E-state index contributed by atoms with van der Waals surface area (Å²) in [5.74, 6) is 0. The van der Waals surface area contributed by atoms with E-state index in [9.17, 15) is 8.42 Å². The van der Waals surface area contributed by atoms with Gasteiger partial charge in [0, 0.05) is 5.54 Å². The molecule has 4 N–H and O–H groups in total. The normalized spacial score (nSPS) is 19.4. The van der Waals surface area contributed by atoms with Gasteiger partial charge in [-0.2, -0.15) is 0 Å². The van der Waals surface area contributed by atoms with Crippen molar-refractivity contribution in [3.05, 3.63) is 24.3 Å². The van der Waals surface area contributed by atoms with Crippen LogP contribution in [0.25, 0.3) is 0 Å². The van der Waals surface area contributed by atoms with Gasteiger partial charge >= 0.3 is 0 Å². The molecule has 1 fully saturated rings. The van der Waals surface area contributed by atoms with Gasteiger partial charge in [0.05, 0.1) is 5.69 Å². The van der Waals surface area contributed by atoms with E-state index in [-0.39, 0.29) is 10.4 Å². The van der Waals surface area contributed by atoms with Crippen LogP contribution >= 0.6 is 0 Å². The van der Waals surface area contributed by atoms with Gasteiger partial charge in [-0.05, 0) is 45.0 Å². The maximum absolute atomic E-state index is 11.5. The van der Waals surface area contributed by atoms with Crippen molar-refractivity contribution in [2.24, 2.45) is 5.14 Å². The molecule has 0 aromatic heterocycles. The van der Waals surface area contributed by atoms with Gasteiger partial charge in [-0.3, -0.25) is 0 Å². The first-order valence-electron chi connectivity index (χ1n) is 6.01. The minimum atomic E-state index is -3.69. The van der Waals surface area contributed by atoms with Gasteiger partial charge in [-0.15, -0.1) is 0 Å².